The molecular formula is C17H17NO5. The second kappa shape index (κ2) is 6.91. The fraction of sp³-hybridized carbons (Fsp3) is 0.235. The molecule has 2 rings (SSSR count). The molecule has 0 spiro atoms. The predicted molar refractivity (Wildman–Crippen MR) is 85.2 cm³/mol. The van der Waals surface area contributed by atoms with E-state index >= 15 is 0 Å². The molecule has 2 aromatic carbocycles. The number of benzene rings is 2. The highest BCUT2D eigenvalue weighted by molar-refractivity contribution is 5.99. The van der Waals surface area contributed by atoms with Gasteiger partial charge in [0, 0.05) is 17.2 Å². The van der Waals surface area contributed by atoms with Crippen LogP contribution in [0.1, 0.15) is 22.8 Å². The van der Waals surface area contributed by atoms with Gasteiger partial charge in [0.25, 0.3) is 5.69 Å². The molecule has 0 radical (unpaired) electrons. The molecule has 0 saturated heterocycles. The summed E-state index contributed by atoms with van der Waals surface area (Å²) in [7, 11) is 1.56. The molecule has 0 bridgehead atoms. The van der Waals surface area contributed by atoms with Gasteiger partial charge in [-0.15, -0.1) is 0 Å². The Kier molecular flexibility index (Phi) is 4.95. The van der Waals surface area contributed by atoms with Crippen LogP contribution in [-0.4, -0.2) is 23.9 Å². The van der Waals surface area contributed by atoms with Crippen LogP contribution in [0, 0.1) is 17.0 Å². The lowest BCUT2D eigenvalue weighted by Crippen LogP contribution is -2.23. The molecule has 6 heteroatoms. The van der Waals surface area contributed by atoms with E-state index in [1.54, 1.807) is 51.3 Å². The number of ether oxygens (including phenoxy) is 2. The molecule has 0 fully saturated rings. The number of nitro benzene ring substituents is 1. The third-order valence-corrected chi connectivity index (χ3v) is 3.42. The quantitative estimate of drug-likeness (QED) is 0.462. The second-order valence-electron chi connectivity index (χ2n) is 5.06. The van der Waals surface area contributed by atoms with E-state index in [1.165, 1.54) is 12.1 Å². The Labute approximate surface area is 133 Å². The number of nitrogens with zero attached hydrogens (tertiary/aromatic N) is 1. The normalized spacial score (nSPS) is 11.6. The van der Waals surface area contributed by atoms with Gasteiger partial charge in [-0.1, -0.05) is 0 Å². The first-order valence-corrected chi connectivity index (χ1v) is 7.02. The summed E-state index contributed by atoms with van der Waals surface area (Å²) in [6.07, 6.45) is -0.704. The maximum absolute atomic E-state index is 12.3. The van der Waals surface area contributed by atoms with Crippen LogP contribution in [0.4, 0.5) is 5.69 Å². The van der Waals surface area contributed by atoms with Crippen LogP contribution in [0.5, 0.6) is 11.5 Å². The van der Waals surface area contributed by atoms with Crippen molar-refractivity contribution in [3.63, 3.8) is 0 Å². The molecule has 2 aromatic rings. The maximum atomic E-state index is 12.3. The fourth-order valence-electron chi connectivity index (χ4n) is 2.15. The van der Waals surface area contributed by atoms with Crippen molar-refractivity contribution >= 4 is 11.5 Å². The highest BCUT2D eigenvalue weighted by Gasteiger charge is 2.18. The van der Waals surface area contributed by atoms with Crippen LogP contribution in [-0.2, 0) is 0 Å². The molecule has 0 saturated carbocycles. The number of ketones is 1. The molecule has 120 valence electrons. The lowest BCUT2D eigenvalue weighted by Gasteiger charge is -2.14. The second-order valence-corrected chi connectivity index (χ2v) is 5.06. The Balaban J connectivity index is 2.11. The Hall–Kier alpha value is -2.89. The summed E-state index contributed by atoms with van der Waals surface area (Å²) >= 11 is 0. The molecule has 0 aliphatic heterocycles. The Morgan fingerprint density at radius 2 is 1.74 bits per heavy atom. The van der Waals surface area contributed by atoms with Gasteiger partial charge in [-0.05, 0) is 50.2 Å². The summed E-state index contributed by atoms with van der Waals surface area (Å²) in [5.74, 6) is 0.909. The van der Waals surface area contributed by atoms with Gasteiger partial charge in [0.1, 0.15) is 11.5 Å². The summed E-state index contributed by atoms with van der Waals surface area (Å²) in [5, 5.41) is 10.8. The minimum Gasteiger partial charge on any atom is -0.497 e. The number of carbonyl (C=O) groups excluding carboxylic acids is 1. The number of nitro groups is 1. The predicted octanol–water partition coefficient (Wildman–Crippen LogP) is 3.56. The molecule has 23 heavy (non-hydrogen) atoms. The summed E-state index contributed by atoms with van der Waals surface area (Å²) in [6, 6.07) is 11.2. The van der Waals surface area contributed by atoms with Gasteiger partial charge in [-0.3, -0.25) is 14.9 Å². The topological polar surface area (TPSA) is 78.7 Å². The molecule has 0 aromatic heterocycles. The third kappa shape index (κ3) is 3.85. The first kappa shape index (κ1) is 16.5. The maximum Gasteiger partial charge on any atom is 0.272 e. The van der Waals surface area contributed by atoms with Gasteiger partial charge in [0.2, 0.25) is 5.78 Å². The van der Waals surface area contributed by atoms with E-state index in [0.29, 0.717) is 22.6 Å². The zero-order chi connectivity index (χ0) is 17.0. The van der Waals surface area contributed by atoms with Gasteiger partial charge in [0.05, 0.1) is 12.0 Å². The van der Waals surface area contributed by atoms with Crippen molar-refractivity contribution in [1.82, 2.24) is 0 Å². The molecule has 0 aliphatic carbocycles. The average Bonchev–Trinajstić information content (AvgIpc) is 2.54. The standard InChI is InChI=1S/C17H17NO5/c1-11-10-15(8-9-16(11)18(20)21)23-12(2)17(19)13-4-6-14(22-3)7-5-13/h4-10,12H,1-3H3. The van der Waals surface area contributed by atoms with Crippen LogP contribution >= 0.6 is 0 Å². The van der Waals surface area contributed by atoms with Crippen LogP contribution in [0.25, 0.3) is 0 Å². The first-order valence-electron chi connectivity index (χ1n) is 7.02. The molecule has 0 aliphatic rings. The average molecular weight is 315 g/mol. The van der Waals surface area contributed by atoms with Gasteiger partial charge in [0.15, 0.2) is 6.10 Å². The SMILES string of the molecule is COc1ccc(C(=O)C(C)Oc2ccc([N+](=O)[O-])c(C)c2)cc1. The van der Waals surface area contributed by atoms with E-state index in [2.05, 4.69) is 0 Å². The van der Waals surface area contributed by atoms with Crippen LogP contribution < -0.4 is 9.47 Å². The van der Waals surface area contributed by atoms with Crippen LogP contribution in [0.3, 0.4) is 0 Å². The smallest absolute Gasteiger partial charge is 0.272 e. The van der Waals surface area contributed by atoms with Gasteiger partial charge >= 0.3 is 0 Å². The summed E-state index contributed by atoms with van der Waals surface area (Å²) < 4.78 is 10.7. The zero-order valence-electron chi connectivity index (χ0n) is 13.1. The highest BCUT2D eigenvalue weighted by atomic mass is 16.6. The minimum atomic E-state index is -0.704. The van der Waals surface area contributed by atoms with Crippen molar-refractivity contribution in [1.29, 1.82) is 0 Å². The molecule has 1 unspecified atom stereocenters. The van der Waals surface area contributed by atoms with E-state index in [0.717, 1.165) is 0 Å². The van der Waals surface area contributed by atoms with E-state index in [9.17, 15) is 14.9 Å². The fourth-order valence-corrected chi connectivity index (χ4v) is 2.15. The van der Waals surface area contributed by atoms with Crippen molar-refractivity contribution in [2.75, 3.05) is 7.11 Å². The summed E-state index contributed by atoms with van der Waals surface area (Å²) in [5.41, 5.74) is 1.01. The monoisotopic (exact) mass is 315 g/mol. The first-order chi connectivity index (χ1) is 10.9. The van der Waals surface area contributed by atoms with Crippen molar-refractivity contribution < 1.29 is 19.2 Å². The Bertz CT molecular complexity index is 724. The summed E-state index contributed by atoms with van der Waals surface area (Å²) in [4.78, 5) is 22.7. The number of methoxy groups -OCH3 is 1. The molecule has 0 N–H and O–H groups in total. The largest absolute Gasteiger partial charge is 0.497 e. The number of carbonyl (C=O) groups is 1. The molecular weight excluding hydrogens is 298 g/mol. The van der Waals surface area contributed by atoms with Gasteiger partial charge in [-0.25, -0.2) is 0 Å². The Morgan fingerprint density at radius 1 is 1.13 bits per heavy atom. The van der Waals surface area contributed by atoms with Crippen molar-refractivity contribution in [3.8, 4) is 11.5 Å². The van der Waals surface area contributed by atoms with Crippen LogP contribution in [0.15, 0.2) is 42.5 Å². The number of rotatable bonds is 6. The Morgan fingerprint density at radius 3 is 2.26 bits per heavy atom. The van der Waals surface area contributed by atoms with E-state index < -0.39 is 11.0 Å². The van der Waals surface area contributed by atoms with Gasteiger partial charge < -0.3 is 9.47 Å². The van der Waals surface area contributed by atoms with Crippen LogP contribution in [0.2, 0.25) is 0 Å². The van der Waals surface area contributed by atoms with E-state index in [4.69, 9.17) is 9.47 Å². The van der Waals surface area contributed by atoms with Crippen molar-refractivity contribution in [2.24, 2.45) is 0 Å². The van der Waals surface area contributed by atoms with Crippen molar-refractivity contribution in [2.45, 2.75) is 20.0 Å². The van der Waals surface area contributed by atoms with Crippen molar-refractivity contribution in [3.05, 3.63) is 63.7 Å². The molecule has 0 amide bonds. The van der Waals surface area contributed by atoms with E-state index in [-0.39, 0.29) is 11.5 Å². The lowest BCUT2D eigenvalue weighted by atomic mass is 10.1. The zero-order valence-corrected chi connectivity index (χ0v) is 13.1. The highest BCUT2D eigenvalue weighted by Crippen LogP contribution is 2.24. The molecule has 0 heterocycles. The molecule has 6 nitrogen and oxygen atoms in total. The number of aryl methyl sites for hydroxylation is 1. The van der Waals surface area contributed by atoms with Gasteiger partial charge in [-0.2, -0.15) is 0 Å². The summed E-state index contributed by atoms with van der Waals surface area (Å²) in [6.45, 7) is 3.27. The lowest BCUT2D eigenvalue weighted by molar-refractivity contribution is -0.385. The number of hydrogen-bond acceptors (Lipinski definition) is 5. The minimum absolute atomic E-state index is 0.0199. The number of hydrogen-bond donors (Lipinski definition) is 0. The van der Waals surface area contributed by atoms with E-state index in [1.807, 2.05) is 0 Å². The third-order valence-electron chi connectivity index (χ3n) is 3.42. The molecule has 1 atom stereocenters. The number of Topliss-reactive ketones (excluding diaryl/α,β-unsaturated/α-hetero) is 1.